The highest BCUT2D eigenvalue weighted by atomic mass is 19.1. The fraction of sp³-hybridized carbons (Fsp3) is 0.200. The van der Waals surface area contributed by atoms with Gasteiger partial charge < -0.3 is 4.57 Å². The smallest absolute Gasteiger partial charge is 0.251 e. The van der Waals surface area contributed by atoms with Gasteiger partial charge >= 0.3 is 0 Å². The number of carbonyl (C=O) groups excluding carboxylic acids is 1. The third-order valence-electron chi connectivity index (χ3n) is 4.21. The average molecular weight is 323 g/mol. The van der Waals surface area contributed by atoms with Crippen LogP contribution in [0.2, 0.25) is 0 Å². The predicted molar refractivity (Wildman–Crippen MR) is 93.1 cm³/mol. The first-order valence-corrected chi connectivity index (χ1v) is 7.77. The van der Waals surface area contributed by atoms with Crippen LogP contribution in [0.25, 0.3) is 10.9 Å². The molecule has 0 amide bonds. The second kappa shape index (κ2) is 6.04. The number of carbonyl (C=O) groups is 1. The number of benzene rings is 2. The quantitative estimate of drug-likeness (QED) is 0.685. The van der Waals surface area contributed by atoms with Gasteiger partial charge in [0.05, 0.1) is 12.1 Å². The Morgan fingerprint density at radius 3 is 2.33 bits per heavy atom. The first kappa shape index (κ1) is 16.1. The lowest BCUT2D eigenvalue weighted by atomic mass is 10.0. The molecule has 122 valence electrons. The molecule has 0 bridgehead atoms. The summed E-state index contributed by atoms with van der Waals surface area (Å²) >= 11 is 0. The molecular formula is C20H18FNO2. The van der Waals surface area contributed by atoms with Crippen molar-refractivity contribution in [2.45, 2.75) is 27.3 Å². The van der Waals surface area contributed by atoms with Gasteiger partial charge in [-0.1, -0.05) is 11.6 Å². The van der Waals surface area contributed by atoms with Crippen molar-refractivity contribution in [3.63, 3.8) is 0 Å². The number of aryl methyl sites for hydroxylation is 3. The fourth-order valence-corrected chi connectivity index (χ4v) is 3.10. The van der Waals surface area contributed by atoms with Gasteiger partial charge in [-0.2, -0.15) is 0 Å². The molecule has 0 aliphatic carbocycles. The normalized spacial score (nSPS) is 11.0. The van der Waals surface area contributed by atoms with E-state index in [0.29, 0.717) is 5.56 Å². The Morgan fingerprint density at radius 2 is 1.67 bits per heavy atom. The Labute approximate surface area is 139 Å². The van der Waals surface area contributed by atoms with E-state index in [1.165, 1.54) is 28.8 Å². The third kappa shape index (κ3) is 2.87. The van der Waals surface area contributed by atoms with E-state index in [0.717, 1.165) is 27.6 Å². The summed E-state index contributed by atoms with van der Waals surface area (Å²) in [7, 11) is 0. The van der Waals surface area contributed by atoms with Gasteiger partial charge in [0.25, 0.3) is 5.56 Å². The molecule has 4 heteroatoms. The molecule has 3 rings (SSSR count). The highest BCUT2D eigenvalue weighted by Crippen LogP contribution is 2.22. The molecular weight excluding hydrogens is 305 g/mol. The lowest BCUT2D eigenvalue weighted by Crippen LogP contribution is -2.25. The van der Waals surface area contributed by atoms with Crippen molar-refractivity contribution in [1.82, 2.24) is 4.57 Å². The molecule has 3 nitrogen and oxygen atoms in total. The van der Waals surface area contributed by atoms with E-state index in [-0.39, 0.29) is 17.9 Å². The summed E-state index contributed by atoms with van der Waals surface area (Å²) in [5.41, 5.74) is 3.92. The van der Waals surface area contributed by atoms with Gasteiger partial charge in [0.15, 0.2) is 5.78 Å². The Balaban J connectivity index is 2.14. The van der Waals surface area contributed by atoms with E-state index >= 15 is 0 Å². The van der Waals surface area contributed by atoms with E-state index in [9.17, 15) is 14.0 Å². The Hall–Kier alpha value is -2.75. The van der Waals surface area contributed by atoms with Crippen LogP contribution in [-0.2, 0) is 6.54 Å². The largest absolute Gasteiger partial charge is 0.300 e. The summed E-state index contributed by atoms with van der Waals surface area (Å²) in [6, 6.07) is 11.0. The van der Waals surface area contributed by atoms with Gasteiger partial charge in [-0.3, -0.25) is 9.59 Å². The molecule has 0 unspecified atom stereocenters. The molecule has 0 saturated carbocycles. The Bertz CT molecular complexity index is 1000. The van der Waals surface area contributed by atoms with E-state index in [4.69, 9.17) is 0 Å². The number of pyridine rings is 1. The lowest BCUT2D eigenvalue weighted by Gasteiger charge is -2.14. The van der Waals surface area contributed by atoms with Gasteiger partial charge in [-0.15, -0.1) is 0 Å². The van der Waals surface area contributed by atoms with Crippen LogP contribution in [-0.4, -0.2) is 10.4 Å². The number of Topliss-reactive ketones (excluding diaryl/α,β-unsaturated/α-hetero) is 1. The standard InChI is InChI=1S/C20H18FNO2/c1-12-8-14(3)20-17(9-12)13(2)10-19(24)22(20)11-18(23)15-4-6-16(21)7-5-15/h4-10H,11H2,1-3H3. The van der Waals surface area contributed by atoms with E-state index in [1.54, 1.807) is 6.07 Å². The number of hydrogen-bond acceptors (Lipinski definition) is 2. The number of nitrogens with zero attached hydrogens (tertiary/aromatic N) is 1. The monoisotopic (exact) mass is 323 g/mol. The predicted octanol–water partition coefficient (Wildman–Crippen LogP) is 3.95. The number of rotatable bonds is 3. The van der Waals surface area contributed by atoms with E-state index < -0.39 is 5.82 Å². The molecule has 0 radical (unpaired) electrons. The van der Waals surface area contributed by atoms with Crippen LogP contribution in [0.1, 0.15) is 27.0 Å². The maximum absolute atomic E-state index is 13.0. The molecule has 0 saturated heterocycles. The molecule has 24 heavy (non-hydrogen) atoms. The second-order valence-electron chi connectivity index (χ2n) is 6.16. The van der Waals surface area contributed by atoms with Gasteiger partial charge in [-0.25, -0.2) is 4.39 Å². The SMILES string of the molecule is Cc1cc(C)c2c(c1)c(C)cc(=O)n2CC(=O)c1ccc(F)cc1. The topological polar surface area (TPSA) is 39.1 Å². The molecule has 0 aliphatic rings. The number of halogens is 1. The van der Waals surface area contributed by atoms with Crippen LogP contribution in [0.5, 0.6) is 0 Å². The van der Waals surface area contributed by atoms with Crippen molar-refractivity contribution in [2.24, 2.45) is 0 Å². The molecule has 0 spiro atoms. The minimum Gasteiger partial charge on any atom is -0.300 e. The van der Waals surface area contributed by atoms with Crippen molar-refractivity contribution in [3.8, 4) is 0 Å². The van der Waals surface area contributed by atoms with Crippen molar-refractivity contribution < 1.29 is 9.18 Å². The molecule has 0 aliphatic heterocycles. The molecule has 1 heterocycles. The second-order valence-corrected chi connectivity index (χ2v) is 6.16. The van der Waals surface area contributed by atoms with Crippen LogP contribution < -0.4 is 5.56 Å². The summed E-state index contributed by atoms with van der Waals surface area (Å²) < 4.78 is 14.5. The van der Waals surface area contributed by atoms with Crippen LogP contribution in [0.4, 0.5) is 4.39 Å². The van der Waals surface area contributed by atoms with Crippen LogP contribution >= 0.6 is 0 Å². The van der Waals surface area contributed by atoms with Crippen LogP contribution in [0.15, 0.2) is 47.3 Å². The molecule has 2 aromatic carbocycles. The van der Waals surface area contributed by atoms with E-state index in [1.807, 2.05) is 32.9 Å². The molecule has 0 atom stereocenters. The lowest BCUT2D eigenvalue weighted by molar-refractivity contribution is 0.0972. The summed E-state index contributed by atoms with van der Waals surface area (Å²) in [5, 5.41) is 0.971. The zero-order valence-corrected chi connectivity index (χ0v) is 13.9. The number of aromatic nitrogens is 1. The summed E-state index contributed by atoms with van der Waals surface area (Å²) in [6.45, 7) is 5.78. The first-order chi connectivity index (χ1) is 11.4. The van der Waals surface area contributed by atoms with E-state index in [2.05, 4.69) is 0 Å². The summed E-state index contributed by atoms with van der Waals surface area (Å²) in [6.07, 6.45) is 0. The minimum absolute atomic E-state index is 0.0643. The summed E-state index contributed by atoms with van der Waals surface area (Å²) in [4.78, 5) is 25.0. The maximum Gasteiger partial charge on any atom is 0.251 e. The van der Waals surface area contributed by atoms with Gasteiger partial charge in [0, 0.05) is 17.0 Å². The number of ketones is 1. The molecule has 0 fully saturated rings. The third-order valence-corrected chi connectivity index (χ3v) is 4.21. The maximum atomic E-state index is 13.0. The minimum atomic E-state index is -0.393. The molecule has 3 aromatic rings. The first-order valence-electron chi connectivity index (χ1n) is 7.77. The zero-order valence-electron chi connectivity index (χ0n) is 13.9. The van der Waals surface area contributed by atoms with Crippen molar-refractivity contribution >= 4 is 16.7 Å². The molecule has 0 N–H and O–H groups in total. The van der Waals surface area contributed by atoms with Crippen molar-refractivity contribution in [3.05, 3.63) is 80.9 Å². The highest BCUT2D eigenvalue weighted by molar-refractivity contribution is 5.97. The van der Waals surface area contributed by atoms with Gasteiger partial charge in [-0.05, 0) is 62.2 Å². The van der Waals surface area contributed by atoms with Gasteiger partial charge in [0.2, 0.25) is 0 Å². The Morgan fingerprint density at radius 1 is 1.00 bits per heavy atom. The number of hydrogen-bond donors (Lipinski definition) is 0. The number of fused-ring (bicyclic) bond motifs is 1. The van der Waals surface area contributed by atoms with Crippen molar-refractivity contribution in [1.29, 1.82) is 0 Å². The van der Waals surface area contributed by atoms with Crippen LogP contribution in [0, 0.1) is 26.6 Å². The average Bonchev–Trinajstić information content (AvgIpc) is 2.51. The van der Waals surface area contributed by atoms with Crippen LogP contribution in [0.3, 0.4) is 0 Å². The molecule has 1 aromatic heterocycles. The van der Waals surface area contributed by atoms with Gasteiger partial charge in [0.1, 0.15) is 5.82 Å². The summed E-state index contributed by atoms with van der Waals surface area (Å²) in [5.74, 6) is -0.613. The van der Waals surface area contributed by atoms with Crippen molar-refractivity contribution in [2.75, 3.05) is 0 Å². The Kier molecular flexibility index (Phi) is 4.06. The zero-order chi connectivity index (χ0) is 17.4. The fourth-order valence-electron chi connectivity index (χ4n) is 3.10. The highest BCUT2D eigenvalue weighted by Gasteiger charge is 2.14.